The van der Waals surface area contributed by atoms with Gasteiger partial charge in [0.15, 0.2) is 0 Å². The van der Waals surface area contributed by atoms with Gasteiger partial charge in [-0.15, -0.1) is 56.1 Å². The van der Waals surface area contributed by atoms with E-state index in [4.69, 9.17) is 0 Å². The molecule has 0 bridgehead atoms. The summed E-state index contributed by atoms with van der Waals surface area (Å²) < 4.78 is 5.08. The van der Waals surface area contributed by atoms with Crippen LogP contribution in [0.2, 0.25) is 0 Å². The molecule has 3 aromatic heterocycles. The molecule has 5 heteroatoms. The molecule has 0 amide bonds. The Labute approximate surface area is 95.9 Å². The average molecular weight is 260 g/mol. The summed E-state index contributed by atoms with van der Waals surface area (Å²) in [5.74, 6) is 0. The van der Waals surface area contributed by atoms with Crippen molar-refractivity contribution in [2.45, 2.75) is 8.42 Å². The van der Waals surface area contributed by atoms with Gasteiger partial charge in [0, 0.05) is 10.2 Å². The van der Waals surface area contributed by atoms with Gasteiger partial charge in [0.1, 0.15) is 0 Å². The van der Waals surface area contributed by atoms with E-state index in [1.807, 2.05) is 0 Å². The molecule has 0 unspecified atom stereocenters. The van der Waals surface area contributed by atoms with Crippen LogP contribution in [0.5, 0.6) is 0 Å². The largest absolute Gasteiger partial charge is 0.133 e. The van der Waals surface area contributed by atoms with Gasteiger partial charge < -0.3 is 0 Å². The summed E-state index contributed by atoms with van der Waals surface area (Å²) in [6.45, 7) is 0. The lowest BCUT2D eigenvalue weighted by molar-refractivity contribution is 1.82. The third kappa shape index (κ3) is 1.28. The highest BCUT2D eigenvalue weighted by Crippen LogP contribution is 2.47. The van der Waals surface area contributed by atoms with Crippen LogP contribution >= 0.6 is 56.1 Å². The van der Waals surface area contributed by atoms with E-state index in [2.05, 4.69) is 37.4 Å². The molecule has 66 valence electrons. The highest BCUT2D eigenvalue weighted by Gasteiger charge is 2.09. The molecule has 3 aromatic rings. The van der Waals surface area contributed by atoms with Crippen molar-refractivity contribution in [1.82, 2.24) is 0 Å². The van der Waals surface area contributed by atoms with E-state index in [9.17, 15) is 0 Å². The Morgan fingerprint density at radius 1 is 0.923 bits per heavy atom. The van der Waals surface area contributed by atoms with Crippen LogP contribution in [0.25, 0.3) is 19.6 Å². The first-order valence-corrected chi connectivity index (χ1v) is 7.20. The van der Waals surface area contributed by atoms with Gasteiger partial charge >= 0.3 is 0 Å². The SMILES string of the molecule is Sc1cc2[pH]c3cc(S)sc3c2s1. The molecule has 3 heterocycles. The summed E-state index contributed by atoms with van der Waals surface area (Å²) >= 11 is 12.3. The summed E-state index contributed by atoms with van der Waals surface area (Å²) in [7, 11) is 0.816. The quantitative estimate of drug-likeness (QED) is 0.537. The Morgan fingerprint density at radius 3 is 1.85 bits per heavy atom. The third-order valence-electron chi connectivity index (χ3n) is 1.91. The first-order chi connectivity index (χ1) is 6.24. The topological polar surface area (TPSA) is 0 Å². The number of hydrogen-bond donors (Lipinski definition) is 2. The van der Waals surface area contributed by atoms with Gasteiger partial charge in [-0.2, -0.15) is 0 Å². The minimum Gasteiger partial charge on any atom is -0.133 e. The second-order valence-corrected chi connectivity index (χ2v) is 7.78. The zero-order valence-corrected chi connectivity index (χ0v) is 10.8. The minimum atomic E-state index is 0.816. The Balaban J connectivity index is 2.56. The van der Waals surface area contributed by atoms with Crippen LogP contribution in [-0.4, -0.2) is 0 Å². The van der Waals surface area contributed by atoms with Gasteiger partial charge in [0.2, 0.25) is 0 Å². The van der Waals surface area contributed by atoms with Crippen LogP contribution in [0.3, 0.4) is 0 Å². The Bertz CT molecular complexity index is 535. The van der Waals surface area contributed by atoms with Crippen molar-refractivity contribution in [3.8, 4) is 0 Å². The molecule has 13 heavy (non-hydrogen) atoms. The van der Waals surface area contributed by atoms with Gasteiger partial charge in [0.05, 0.1) is 17.8 Å². The molecule has 0 spiro atoms. The summed E-state index contributed by atoms with van der Waals surface area (Å²) in [5.41, 5.74) is 0. The lowest BCUT2D eigenvalue weighted by Crippen LogP contribution is -1.39. The lowest BCUT2D eigenvalue weighted by atomic mass is 10.5. The second-order valence-electron chi connectivity index (χ2n) is 2.78. The molecule has 0 aliphatic heterocycles. The molecule has 0 aliphatic rings. The normalized spacial score (nSPS) is 11.8. The Hall–Kier alpha value is 0.400. The van der Waals surface area contributed by atoms with E-state index in [0.717, 1.165) is 16.6 Å². The molecule has 0 N–H and O–H groups in total. The predicted octanol–water partition coefficient (Wildman–Crippen LogP) is 4.72. The smallest absolute Gasteiger partial charge is 0.0584 e. The van der Waals surface area contributed by atoms with Crippen molar-refractivity contribution in [3.05, 3.63) is 12.1 Å². The molecule has 0 atom stereocenters. The maximum absolute atomic E-state index is 4.37. The molecular weight excluding hydrogens is 255 g/mol. The fourth-order valence-electron chi connectivity index (χ4n) is 1.42. The molecule has 0 aliphatic carbocycles. The van der Waals surface area contributed by atoms with E-state index in [1.165, 1.54) is 19.6 Å². The van der Waals surface area contributed by atoms with Crippen molar-refractivity contribution in [1.29, 1.82) is 0 Å². The Morgan fingerprint density at radius 2 is 1.38 bits per heavy atom. The van der Waals surface area contributed by atoms with Gasteiger partial charge in [-0.05, 0) is 12.1 Å². The van der Waals surface area contributed by atoms with Crippen molar-refractivity contribution >= 4 is 75.8 Å². The second kappa shape index (κ2) is 2.94. The standard InChI is InChI=1S/C8H5PS4/c10-5-1-3-7(12-5)8-4(9-3)2-6(11)13-8/h1-2,9-11H. The van der Waals surface area contributed by atoms with Crippen LogP contribution in [0.1, 0.15) is 0 Å². The van der Waals surface area contributed by atoms with Crippen molar-refractivity contribution < 1.29 is 0 Å². The highest BCUT2D eigenvalue weighted by molar-refractivity contribution is 7.83. The number of thiol groups is 2. The van der Waals surface area contributed by atoms with Crippen LogP contribution in [-0.2, 0) is 0 Å². The maximum atomic E-state index is 4.37. The Kier molecular flexibility index (Phi) is 1.97. The first kappa shape index (κ1) is 8.69. The zero-order chi connectivity index (χ0) is 9.00. The highest BCUT2D eigenvalue weighted by atomic mass is 32.2. The molecule has 0 saturated heterocycles. The fraction of sp³-hybridized carbons (Fsp3) is 0. The van der Waals surface area contributed by atoms with Gasteiger partial charge in [-0.25, -0.2) is 0 Å². The van der Waals surface area contributed by atoms with Gasteiger partial charge in [-0.1, -0.05) is 0 Å². The van der Waals surface area contributed by atoms with Crippen LogP contribution in [0.15, 0.2) is 20.6 Å². The van der Waals surface area contributed by atoms with E-state index >= 15 is 0 Å². The lowest BCUT2D eigenvalue weighted by Gasteiger charge is -1.76. The van der Waals surface area contributed by atoms with Gasteiger partial charge in [0.25, 0.3) is 0 Å². The van der Waals surface area contributed by atoms with Crippen LogP contribution in [0, 0.1) is 0 Å². The van der Waals surface area contributed by atoms with Crippen LogP contribution in [0.4, 0.5) is 0 Å². The molecule has 0 radical (unpaired) electrons. The number of thiophene rings is 2. The number of rotatable bonds is 0. The molecule has 0 saturated carbocycles. The maximum Gasteiger partial charge on any atom is 0.0584 e. The van der Waals surface area contributed by atoms with Crippen molar-refractivity contribution in [2.75, 3.05) is 0 Å². The number of hydrogen-bond acceptors (Lipinski definition) is 4. The summed E-state index contributed by atoms with van der Waals surface area (Å²) in [6.07, 6.45) is 0. The van der Waals surface area contributed by atoms with Crippen molar-refractivity contribution in [2.24, 2.45) is 0 Å². The van der Waals surface area contributed by atoms with Crippen molar-refractivity contribution in [3.63, 3.8) is 0 Å². The molecule has 0 nitrogen and oxygen atoms in total. The monoisotopic (exact) mass is 260 g/mol. The zero-order valence-electron chi connectivity index (χ0n) is 6.37. The molecular formula is C8H5PS4. The summed E-state index contributed by atoms with van der Waals surface area (Å²) in [6, 6.07) is 4.37. The molecule has 3 rings (SSSR count). The van der Waals surface area contributed by atoms with Gasteiger partial charge in [-0.3, -0.25) is 0 Å². The molecule has 0 aromatic carbocycles. The summed E-state index contributed by atoms with van der Waals surface area (Å²) in [5, 5.41) is 2.93. The van der Waals surface area contributed by atoms with E-state index < -0.39 is 0 Å². The predicted molar refractivity (Wildman–Crippen MR) is 71.2 cm³/mol. The molecule has 0 fully saturated rings. The third-order valence-corrected chi connectivity index (χ3v) is 6.45. The van der Waals surface area contributed by atoms with E-state index in [-0.39, 0.29) is 0 Å². The van der Waals surface area contributed by atoms with Crippen LogP contribution < -0.4 is 0 Å². The summed E-state index contributed by atoms with van der Waals surface area (Å²) in [4.78, 5) is 0. The minimum absolute atomic E-state index is 0.816. The number of fused-ring (bicyclic) bond motifs is 3. The fourth-order valence-corrected chi connectivity index (χ4v) is 6.44. The van der Waals surface area contributed by atoms with E-state index in [1.54, 1.807) is 22.7 Å². The first-order valence-electron chi connectivity index (χ1n) is 3.67. The van der Waals surface area contributed by atoms with E-state index in [0.29, 0.717) is 0 Å². The average Bonchev–Trinajstić information content (AvgIpc) is 2.60.